The first kappa shape index (κ1) is 11.3. The second-order valence-electron chi connectivity index (χ2n) is 3.90. The van der Waals surface area contributed by atoms with Gasteiger partial charge < -0.3 is 10.1 Å². The molecule has 0 saturated carbocycles. The Labute approximate surface area is 85.8 Å². The summed E-state index contributed by atoms with van der Waals surface area (Å²) in [4.78, 5) is 0. The first-order chi connectivity index (χ1) is 6.25. The lowest BCUT2D eigenvalue weighted by molar-refractivity contribution is 0.0626. The van der Waals surface area contributed by atoms with Crippen LogP contribution in [-0.2, 0) is 4.74 Å². The third-order valence-electron chi connectivity index (χ3n) is 3.16. The monoisotopic (exact) mass is 203 g/mol. The van der Waals surface area contributed by atoms with Crippen molar-refractivity contribution in [2.75, 3.05) is 32.2 Å². The van der Waals surface area contributed by atoms with Gasteiger partial charge in [0, 0.05) is 18.6 Å². The van der Waals surface area contributed by atoms with Crippen molar-refractivity contribution in [3.05, 3.63) is 0 Å². The van der Waals surface area contributed by atoms with Crippen LogP contribution in [0, 0.1) is 5.41 Å². The molecule has 0 bridgehead atoms. The van der Waals surface area contributed by atoms with Crippen LogP contribution in [0.2, 0.25) is 0 Å². The molecule has 2 unspecified atom stereocenters. The molecule has 1 fully saturated rings. The molecule has 2 atom stereocenters. The van der Waals surface area contributed by atoms with Crippen molar-refractivity contribution in [3.63, 3.8) is 0 Å². The molecule has 3 heteroatoms. The molecular weight excluding hydrogens is 182 g/mol. The zero-order chi connectivity index (χ0) is 9.73. The molecule has 0 aromatic heterocycles. The summed E-state index contributed by atoms with van der Waals surface area (Å²) >= 11 is 1.93. The van der Waals surface area contributed by atoms with Crippen LogP contribution in [0.3, 0.4) is 0 Å². The summed E-state index contributed by atoms with van der Waals surface area (Å²) in [6, 6.07) is 0. The molecule has 0 aliphatic carbocycles. The lowest BCUT2D eigenvalue weighted by Gasteiger charge is -2.31. The van der Waals surface area contributed by atoms with Gasteiger partial charge >= 0.3 is 0 Å². The van der Waals surface area contributed by atoms with Gasteiger partial charge in [0.05, 0.1) is 6.10 Å². The summed E-state index contributed by atoms with van der Waals surface area (Å²) in [7, 11) is 2.03. The number of hydrogen-bond donors (Lipinski definition) is 1. The molecule has 13 heavy (non-hydrogen) atoms. The number of thioether (sulfide) groups is 1. The SMILES string of the molecule is CNCC1(CCSC)CCOC1C. The number of rotatable bonds is 5. The Morgan fingerprint density at radius 2 is 2.38 bits per heavy atom. The summed E-state index contributed by atoms with van der Waals surface area (Å²) in [6.45, 7) is 4.25. The molecule has 0 spiro atoms. The second kappa shape index (κ2) is 5.23. The standard InChI is InChI=1S/C10H21NOS/c1-9-10(8-11-2,4-6-12-9)5-7-13-3/h9,11H,4-8H2,1-3H3. The van der Waals surface area contributed by atoms with Crippen LogP contribution in [0.25, 0.3) is 0 Å². The van der Waals surface area contributed by atoms with E-state index in [0.717, 1.165) is 13.2 Å². The number of ether oxygens (including phenoxy) is 1. The van der Waals surface area contributed by atoms with Gasteiger partial charge in [0.1, 0.15) is 0 Å². The Bertz CT molecular complexity index is 154. The van der Waals surface area contributed by atoms with Crippen LogP contribution in [0.5, 0.6) is 0 Å². The van der Waals surface area contributed by atoms with E-state index in [1.807, 2.05) is 18.8 Å². The number of nitrogens with one attached hydrogen (secondary N) is 1. The maximum absolute atomic E-state index is 5.67. The topological polar surface area (TPSA) is 21.3 Å². The number of hydrogen-bond acceptors (Lipinski definition) is 3. The van der Waals surface area contributed by atoms with Crippen LogP contribution < -0.4 is 5.32 Å². The summed E-state index contributed by atoms with van der Waals surface area (Å²) in [5.74, 6) is 1.25. The van der Waals surface area contributed by atoms with Gasteiger partial charge in [-0.15, -0.1) is 0 Å². The van der Waals surface area contributed by atoms with E-state index in [-0.39, 0.29) is 0 Å². The van der Waals surface area contributed by atoms with E-state index in [1.165, 1.54) is 18.6 Å². The lowest BCUT2D eigenvalue weighted by atomic mass is 9.79. The van der Waals surface area contributed by atoms with E-state index < -0.39 is 0 Å². The van der Waals surface area contributed by atoms with Crippen molar-refractivity contribution in [1.29, 1.82) is 0 Å². The molecule has 78 valence electrons. The summed E-state index contributed by atoms with van der Waals surface area (Å²) in [5, 5.41) is 3.30. The largest absolute Gasteiger partial charge is 0.378 e. The van der Waals surface area contributed by atoms with Gasteiger partial charge in [-0.3, -0.25) is 0 Å². The van der Waals surface area contributed by atoms with Crippen LogP contribution in [0.4, 0.5) is 0 Å². The third kappa shape index (κ3) is 2.61. The van der Waals surface area contributed by atoms with Crippen molar-refractivity contribution in [2.24, 2.45) is 5.41 Å². The molecule has 2 nitrogen and oxygen atoms in total. The molecule has 1 aliphatic rings. The second-order valence-corrected chi connectivity index (χ2v) is 4.88. The van der Waals surface area contributed by atoms with Gasteiger partial charge in [-0.2, -0.15) is 11.8 Å². The average molecular weight is 203 g/mol. The predicted molar refractivity (Wildman–Crippen MR) is 59.4 cm³/mol. The fourth-order valence-corrected chi connectivity index (χ4v) is 2.74. The Balaban J connectivity index is 2.51. The normalized spacial score (nSPS) is 33.9. The van der Waals surface area contributed by atoms with Crippen LogP contribution in [0.1, 0.15) is 19.8 Å². The predicted octanol–water partition coefficient (Wildman–Crippen LogP) is 1.75. The first-order valence-electron chi connectivity index (χ1n) is 5.00. The maximum atomic E-state index is 5.67. The van der Waals surface area contributed by atoms with Crippen LogP contribution in [-0.4, -0.2) is 38.3 Å². The molecule has 1 aliphatic heterocycles. The molecule has 1 N–H and O–H groups in total. The Kier molecular flexibility index (Phi) is 4.56. The third-order valence-corrected chi connectivity index (χ3v) is 3.78. The minimum atomic E-state index is 0.401. The smallest absolute Gasteiger partial charge is 0.0616 e. The zero-order valence-corrected chi connectivity index (χ0v) is 9.75. The highest BCUT2D eigenvalue weighted by molar-refractivity contribution is 7.98. The quantitative estimate of drug-likeness (QED) is 0.735. The van der Waals surface area contributed by atoms with Gasteiger partial charge in [-0.05, 0) is 38.8 Å². The van der Waals surface area contributed by atoms with Crippen molar-refractivity contribution in [3.8, 4) is 0 Å². The highest BCUT2D eigenvalue weighted by Gasteiger charge is 2.40. The van der Waals surface area contributed by atoms with E-state index in [0.29, 0.717) is 11.5 Å². The minimum absolute atomic E-state index is 0.401. The van der Waals surface area contributed by atoms with Gasteiger partial charge in [0.15, 0.2) is 0 Å². The minimum Gasteiger partial charge on any atom is -0.378 e. The highest BCUT2D eigenvalue weighted by Crippen LogP contribution is 2.38. The first-order valence-corrected chi connectivity index (χ1v) is 6.40. The van der Waals surface area contributed by atoms with Gasteiger partial charge in [0.25, 0.3) is 0 Å². The Morgan fingerprint density at radius 3 is 2.85 bits per heavy atom. The van der Waals surface area contributed by atoms with Gasteiger partial charge in [-0.25, -0.2) is 0 Å². The van der Waals surface area contributed by atoms with E-state index in [4.69, 9.17) is 4.74 Å². The molecule has 1 rings (SSSR count). The molecule has 0 aromatic rings. The van der Waals surface area contributed by atoms with Crippen LogP contribution in [0.15, 0.2) is 0 Å². The Hall–Kier alpha value is 0.270. The van der Waals surface area contributed by atoms with Crippen molar-refractivity contribution >= 4 is 11.8 Å². The molecule has 1 heterocycles. The lowest BCUT2D eigenvalue weighted by Crippen LogP contribution is -2.38. The summed E-state index contributed by atoms with van der Waals surface area (Å²) in [5.41, 5.74) is 0.401. The highest BCUT2D eigenvalue weighted by atomic mass is 32.2. The Morgan fingerprint density at radius 1 is 1.62 bits per heavy atom. The van der Waals surface area contributed by atoms with Crippen LogP contribution >= 0.6 is 11.8 Å². The van der Waals surface area contributed by atoms with E-state index in [2.05, 4.69) is 18.5 Å². The molecule has 0 aromatic carbocycles. The molecule has 0 amide bonds. The summed E-state index contributed by atoms with van der Waals surface area (Å²) in [6.07, 6.45) is 5.09. The molecule has 1 saturated heterocycles. The zero-order valence-electron chi connectivity index (χ0n) is 8.93. The summed E-state index contributed by atoms with van der Waals surface area (Å²) < 4.78 is 5.67. The fraction of sp³-hybridized carbons (Fsp3) is 1.00. The maximum Gasteiger partial charge on any atom is 0.0616 e. The molecule has 0 radical (unpaired) electrons. The fourth-order valence-electron chi connectivity index (χ4n) is 2.13. The van der Waals surface area contributed by atoms with Crippen molar-refractivity contribution < 1.29 is 4.74 Å². The molecular formula is C10H21NOS. The average Bonchev–Trinajstić information content (AvgIpc) is 2.46. The van der Waals surface area contributed by atoms with E-state index in [9.17, 15) is 0 Å². The van der Waals surface area contributed by atoms with Gasteiger partial charge in [-0.1, -0.05) is 0 Å². The van der Waals surface area contributed by atoms with Crippen molar-refractivity contribution in [2.45, 2.75) is 25.9 Å². The van der Waals surface area contributed by atoms with E-state index in [1.54, 1.807) is 0 Å². The van der Waals surface area contributed by atoms with Gasteiger partial charge in [0.2, 0.25) is 0 Å². The van der Waals surface area contributed by atoms with E-state index >= 15 is 0 Å². The van der Waals surface area contributed by atoms with Crippen molar-refractivity contribution in [1.82, 2.24) is 5.32 Å².